The maximum atomic E-state index is 13.1. The van der Waals surface area contributed by atoms with Crippen molar-refractivity contribution in [1.82, 2.24) is 9.55 Å². The van der Waals surface area contributed by atoms with Crippen LogP contribution in [0.4, 0.5) is 13.2 Å². The Balaban J connectivity index is 1.88. The summed E-state index contributed by atoms with van der Waals surface area (Å²) < 4.78 is 41.2. The number of hydrogen-bond acceptors (Lipinski definition) is 2. The summed E-state index contributed by atoms with van der Waals surface area (Å²) in [6, 6.07) is 5.63. The molecule has 0 saturated carbocycles. The number of alkyl halides is 3. The van der Waals surface area contributed by atoms with Crippen LogP contribution in [0.5, 0.6) is 0 Å². The van der Waals surface area contributed by atoms with E-state index < -0.39 is 11.7 Å². The van der Waals surface area contributed by atoms with Crippen LogP contribution in [-0.2, 0) is 25.6 Å². The molecule has 3 nitrogen and oxygen atoms in total. The lowest BCUT2D eigenvalue weighted by atomic mass is 9.97. The molecule has 1 aromatic heterocycles. The van der Waals surface area contributed by atoms with E-state index in [0.29, 0.717) is 12.4 Å². The van der Waals surface area contributed by atoms with Gasteiger partial charge in [-0.15, -0.1) is 0 Å². The molecule has 1 aromatic carbocycles. The number of halogens is 3. The van der Waals surface area contributed by atoms with Gasteiger partial charge >= 0.3 is 6.18 Å². The van der Waals surface area contributed by atoms with Crippen molar-refractivity contribution in [1.29, 1.82) is 0 Å². The predicted molar refractivity (Wildman–Crippen MR) is 75.4 cm³/mol. The van der Waals surface area contributed by atoms with Crippen molar-refractivity contribution in [3.05, 3.63) is 53.1 Å². The van der Waals surface area contributed by atoms with Crippen molar-refractivity contribution >= 4 is 0 Å². The quantitative estimate of drug-likeness (QED) is 0.946. The summed E-state index contributed by atoms with van der Waals surface area (Å²) in [5, 5.41) is 9.23. The van der Waals surface area contributed by atoms with Crippen LogP contribution in [-0.4, -0.2) is 21.3 Å². The lowest BCUT2D eigenvalue weighted by Crippen LogP contribution is -2.23. The highest BCUT2D eigenvalue weighted by molar-refractivity contribution is 5.32. The Hall–Kier alpha value is -1.82. The van der Waals surface area contributed by atoms with Gasteiger partial charge in [0.25, 0.3) is 0 Å². The molecule has 0 fully saturated rings. The third-order valence-electron chi connectivity index (χ3n) is 4.21. The van der Waals surface area contributed by atoms with Gasteiger partial charge in [0, 0.05) is 31.5 Å². The number of hydrogen-bond donors (Lipinski definition) is 1. The molecule has 0 bridgehead atoms. The normalized spacial score (nSPS) is 18.3. The Morgan fingerprint density at radius 3 is 2.77 bits per heavy atom. The van der Waals surface area contributed by atoms with Gasteiger partial charge in [-0.25, -0.2) is 4.98 Å². The standard InChI is InChI=1S/C16H17F3N2O/c17-16(18,19)14-4-2-1-3-12(14)8-15-20-9-13-7-11(10-22)5-6-21(13)15/h1-4,9,11,22H,5-8,10H2. The summed E-state index contributed by atoms with van der Waals surface area (Å²) in [7, 11) is 0. The van der Waals surface area contributed by atoms with Gasteiger partial charge in [-0.3, -0.25) is 0 Å². The molecular formula is C16H17F3N2O. The molecule has 0 saturated heterocycles. The molecule has 1 N–H and O–H groups in total. The third-order valence-corrected chi connectivity index (χ3v) is 4.21. The number of aliphatic hydroxyl groups excluding tert-OH is 1. The van der Waals surface area contributed by atoms with Crippen LogP contribution in [0, 0.1) is 5.92 Å². The molecule has 1 atom stereocenters. The zero-order valence-corrected chi connectivity index (χ0v) is 12.0. The number of aliphatic hydroxyl groups is 1. The van der Waals surface area contributed by atoms with Crippen molar-refractivity contribution < 1.29 is 18.3 Å². The van der Waals surface area contributed by atoms with Gasteiger partial charge in [0.2, 0.25) is 0 Å². The van der Waals surface area contributed by atoms with E-state index in [2.05, 4.69) is 4.98 Å². The van der Waals surface area contributed by atoms with Crippen molar-refractivity contribution in [2.45, 2.75) is 32.0 Å². The molecule has 3 rings (SSSR count). The first-order valence-electron chi connectivity index (χ1n) is 7.28. The first-order valence-corrected chi connectivity index (χ1v) is 7.28. The number of rotatable bonds is 3. The summed E-state index contributed by atoms with van der Waals surface area (Å²) in [5.74, 6) is 0.877. The highest BCUT2D eigenvalue weighted by Crippen LogP contribution is 2.33. The second-order valence-electron chi connectivity index (χ2n) is 5.69. The fourth-order valence-corrected chi connectivity index (χ4v) is 3.02. The van der Waals surface area contributed by atoms with Gasteiger partial charge < -0.3 is 9.67 Å². The molecule has 0 radical (unpaired) electrons. The molecule has 0 spiro atoms. The molecule has 1 aliphatic rings. The van der Waals surface area contributed by atoms with Crippen molar-refractivity contribution in [2.75, 3.05) is 6.61 Å². The Morgan fingerprint density at radius 2 is 2.05 bits per heavy atom. The lowest BCUT2D eigenvalue weighted by molar-refractivity contribution is -0.138. The van der Waals surface area contributed by atoms with E-state index in [-0.39, 0.29) is 24.5 Å². The van der Waals surface area contributed by atoms with E-state index in [1.54, 1.807) is 12.3 Å². The van der Waals surface area contributed by atoms with Gasteiger partial charge in [-0.05, 0) is 30.4 Å². The number of fused-ring (bicyclic) bond motifs is 1. The third kappa shape index (κ3) is 2.88. The van der Waals surface area contributed by atoms with Crippen LogP contribution in [0.1, 0.15) is 29.1 Å². The van der Waals surface area contributed by atoms with Crippen LogP contribution < -0.4 is 0 Å². The lowest BCUT2D eigenvalue weighted by Gasteiger charge is -2.23. The molecule has 6 heteroatoms. The number of nitrogens with zero attached hydrogens (tertiary/aromatic N) is 2. The Bertz CT molecular complexity index is 664. The maximum absolute atomic E-state index is 13.1. The van der Waals surface area contributed by atoms with E-state index >= 15 is 0 Å². The number of benzene rings is 1. The summed E-state index contributed by atoms with van der Waals surface area (Å²) in [4.78, 5) is 4.30. The van der Waals surface area contributed by atoms with E-state index in [1.807, 2.05) is 4.57 Å². The minimum atomic E-state index is -4.35. The fraction of sp³-hybridized carbons (Fsp3) is 0.438. The number of aromatic nitrogens is 2. The largest absolute Gasteiger partial charge is 0.416 e. The van der Waals surface area contributed by atoms with Gasteiger partial charge in [0.1, 0.15) is 5.82 Å². The zero-order valence-electron chi connectivity index (χ0n) is 12.0. The first kappa shape index (κ1) is 15.1. The average Bonchev–Trinajstić information content (AvgIpc) is 2.89. The van der Waals surface area contributed by atoms with E-state index in [4.69, 9.17) is 0 Å². The molecule has 0 amide bonds. The summed E-state index contributed by atoms with van der Waals surface area (Å²) in [6.07, 6.45) is -0.916. The predicted octanol–water partition coefficient (Wildman–Crippen LogP) is 3.05. The van der Waals surface area contributed by atoms with E-state index in [1.165, 1.54) is 12.1 Å². The highest BCUT2D eigenvalue weighted by Gasteiger charge is 2.33. The highest BCUT2D eigenvalue weighted by atomic mass is 19.4. The second-order valence-corrected chi connectivity index (χ2v) is 5.69. The van der Waals surface area contributed by atoms with Crippen LogP contribution in [0.25, 0.3) is 0 Å². The van der Waals surface area contributed by atoms with E-state index in [0.717, 1.165) is 24.6 Å². The zero-order chi connectivity index (χ0) is 15.7. The monoisotopic (exact) mass is 310 g/mol. The molecule has 2 heterocycles. The molecule has 118 valence electrons. The van der Waals surface area contributed by atoms with Crippen LogP contribution in [0.3, 0.4) is 0 Å². The minimum absolute atomic E-state index is 0.136. The van der Waals surface area contributed by atoms with Crippen molar-refractivity contribution in [3.63, 3.8) is 0 Å². The second kappa shape index (κ2) is 5.76. The van der Waals surface area contributed by atoms with Crippen molar-refractivity contribution in [3.8, 4) is 0 Å². The maximum Gasteiger partial charge on any atom is 0.416 e. The minimum Gasteiger partial charge on any atom is -0.396 e. The summed E-state index contributed by atoms with van der Waals surface area (Å²) in [5.41, 5.74) is 0.633. The molecule has 22 heavy (non-hydrogen) atoms. The van der Waals surface area contributed by atoms with Crippen LogP contribution >= 0.6 is 0 Å². The molecule has 1 aliphatic heterocycles. The smallest absolute Gasteiger partial charge is 0.396 e. The summed E-state index contributed by atoms with van der Waals surface area (Å²) in [6.45, 7) is 0.835. The molecule has 0 aliphatic carbocycles. The average molecular weight is 310 g/mol. The molecular weight excluding hydrogens is 293 g/mol. The van der Waals surface area contributed by atoms with Crippen LogP contribution in [0.15, 0.2) is 30.5 Å². The Labute approximate surface area is 126 Å². The van der Waals surface area contributed by atoms with Crippen molar-refractivity contribution in [2.24, 2.45) is 5.92 Å². The first-order chi connectivity index (χ1) is 10.5. The Kier molecular flexibility index (Phi) is 3.95. The van der Waals surface area contributed by atoms with Gasteiger partial charge in [0.05, 0.1) is 5.56 Å². The Morgan fingerprint density at radius 1 is 1.27 bits per heavy atom. The topological polar surface area (TPSA) is 38.0 Å². The van der Waals surface area contributed by atoms with Gasteiger partial charge in [-0.2, -0.15) is 13.2 Å². The van der Waals surface area contributed by atoms with Gasteiger partial charge in [-0.1, -0.05) is 18.2 Å². The number of imidazole rings is 1. The van der Waals surface area contributed by atoms with Gasteiger partial charge in [0.15, 0.2) is 0 Å². The molecule has 1 unspecified atom stereocenters. The fourth-order valence-electron chi connectivity index (χ4n) is 3.02. The molecule has 2 aromatic rings. The SMILES string of the molecule is OCC1CCn2c(cnc2Cc2ccccc2C(F)(F)F)C1. The summed E-state index contributed by atoms with van der Waals surface area (Å²) >= 11 is 0. The van der Waals surface area contributed by atoms with E-state index in [9.17, 15) is 18.3 Å². The van der Waals surface area contributed by atoms with Crippen LogP contribution in [0.2, 0.25) is 0 Å².